The maximum atomic E-state index is 12.6. The lowest BCUT2D eigenvalue weighted by Crippen LogP contribution is -2.38. The van der Waals surface area contributed by atoms with E-state index in [9.17, 15) is 9.00 Å². The summed E-state index contributed by atoms with van der Waals surface area (Å²) in [5.74, 6) is 0.486. The molecule has 0 bridgehead atoms. The lowest BCUT2D eigenvalue weighted by molar-refractivity contribution is -0.116. The van der Waals surface area contributed by atoms with E-state index in [1.165, 1.54) is 5.56 Å². The van der Waals surface area contributed by atoms with E-state index >= 15 is 0 Å². The van der Waals surface area contributed by atoms with Gasteiger partial charge in [-0.3, -0.25) is 9.00 Å². The number of nitrogens with zero attached hydrogens (tertiary/aromatic N) is 1. The Kier molecular flexibility index (Phi) is 4.91. The number of aryl methyl sites for hydroxylation is 2. The van der Waals surface area contributed by atoms with E-state index in [-0.39, 0.29) is 11.7 Å². The second-order valence-electron chi connectivity index (χ2n) is 5.93. The van der Waals surface area contributed by atoms with Crippen molar-refractivity contribution >= 4 is 22.4 Å². The molecule has 1 unspecified atom stereocenters. The summed E-state index contributed by atoms with van der Waals surface area (Å²) in [5.41, 5.74) is 4.36. The number of fused-ring (bicyclic) bond motifs is 1. The van der Waals surface area contributed by atoms with E-state index in [2.05, 4.69) is 6.07 Å². The number of benzene rings is 2. The molecule has 2 aromatic carbocycles. The first kappa shape index (κ1) is 15.9. The van der Waals surface area contributed by atoms with Crippen molar-refractivity contribution in [3.63, 3.8) is 0 Å². The van der Waals surface area contributed by atoms with Crippen LogP contribution in [0.1, 0.15) is 23.1 Å². The second-order valence-corrected chi connectivity index (χ2v) is 7.39. The fourth-order valence-corrected chi connectivity index (χ4v) is 4.21. The molecule has 1 amide bonds. The third kappa shape index (κ3) is 3.70. The molecule has 1 atom stereocenters. The molecule has 0 saturated carbocycles. The first-order valence-corrected chi connectivity index (χ1v) is 9.41. The van der Waals surface area contributed by atoms with Gasteiger partial charge in [0.05, 0.1) is 0 Å². The normalized spacial score (nSPS) is 15.1. The summed E-state index contributed by atoms with van der Waals surface area (Å²) in [7, 11) is -1.18. The maximum absolute atomic E-state index is 12.6. The van der Waals surface area contributed by atoms with Gasteiger partial charge in [-0.1, -0.05) is 42.5 Å². The summed E-state index contributed by atoms with van der Waals surface area (Å²) in [5, 5.41) is 0. The highest BCUT2D eigenvalue weighted by Crippen LogP contribution is 2.26. The Morgan fingerprint density at radius 1 is 1.13 bits per heavy atom. The van der Waals surface area contributed by atoms with Crippen LogP contribution in [-0.4, -0.2) is 22.4 Å². The Bertz CT molecular complexity index is 742. The molecule has 1 heterocycles. The van der Waals surface area contributed by atoms with Crippen LogP contribution < -0.4 is 4.90 Å². The van der Waals surface area contributed by atoms with Gasteiger partial charge in [0, 0.05) is 28.8 Å². The zero-order valence-corrected chi connectivity index (χ0v) is 14.1. The molecule has 0 aromatic heterocycles. The van der Waals surface area contributed by atoms with Crippen LogP contribution in [0.5, 0.6) is 0 Å². The molecule has 3 rings (SSSR count). The van der Waals surface area contributed by atoms with E-state index in [1.807, 2.05) is 49.4 Å². The quantitative estimate of drug-likeness (QED) is 0.864. The monoisotopic (exact) mass is 327 g/mol. The highest BCUT2D eigenvalue weighted by Gasteiger charge is 2.23. The number of anilines is 1. The predicted molar refractivity (Wildman–Crippen MR) is 95.0 cm³/mol. The van der Waals surface area contributed by atoms with Crippen LogP contribution in [0.25, 0.3) is 0 Å². The molecule has 0 N–H and O–H groups in total. The Morgan fingerprint density at radius 2 is 1.87 bits per heavy atom. The van der Waals surface area contributed by atoms with Crippen molar-refractivity contribution < 1.29 is 9.00 Å². The van der Waals surface area contributed by atoms with E-state index in [1.54, 1.807) is 4.90 Å². The fraction of sp³-hybridized carbons (Fsp3) is 0.316. The zero-order chi connectivity index (χ0) is 16.2. The number of hydrogen-bond donors (Lipinski definition) is 0. The number of amides is 1. The van der Waals surface area contributed by atoms with Gasteiger partial charge in [0.2, 0.25) is 5.91 Å². The molecule has 23 heavy (non-hydrogen) atoms. The van der Waals surface area contributed by atoms with Crippen LogP contribution >= 0.6 is 0 Å². The van der Waals surface area contributed by atoms with E-state index in [4.69, 9.17) is 0 Å². The fourth-order valence-electron chi connectivity index (χ4n) is 3.00. The summed E-state index contributed by atoms with van der Waals surface area (Å²) >= 11 is 0. The number of rotatable bonds is 4. The molecule has 0 fully saturated rings. The van der Waals surface area contributed by atoms with Gasteiger partial charge in [-0.05, 0) is 42.5 Å². The molecule has 1 aliphatic rings. The molecule has 0 saturated heterocycles. The van der Waals surface area contributed by atoms with Gasteiger partial charge in [0.1, 0.15) is 5.75 Å². The van der Waals surface area contributed by atoms with Crippen molar-refractivity contribution in [2.75, 3.05) is 17.2 Å². The van der Waals surface area contributed by atoms with Gasteiger partial charge in [-0.15, -0.1) is 0 Å². The number of carbonyl (C=O) groups is 1. The first-order chi connectivity index (χ1) is 11.1. The number of para-hydroxylation sites is 1. The predicted octanol–water partition coefficient (Wildman–Crippen LogP) is 3.22. The smallest absolute Gasteiger partial charge is 0.239 e. The topological polar surface area (TPSA) is 37.4 Å². The van der Waals surface area contributed by atoms with Crippen LogP contribution in [-0.2, 0) is 27.8 Å². The van der Waals surface area contributed by atoms with Crippen molar-refractivity contribution in [2.24, 2.45) is 0 Å². The molecule has 2 aromatic rings. The number of hydrogen-bond acceptors (Lipinski definition) is 2. The summed E-state index contributed by atoms with van der Waals surface area (Å²) in [6.45, 7) is 2.73. The molecule has 120 valence electrons. The Balaban J connectivity index is 1.68. The third-order valence-electron chi connectivity index (χ3n) is 4.27. The van der Waals surface area contributed by atoms with Gasteiger partial charge in [-0.25, -0.2) is 0 Å². The van der Waals surface area contributed by atoms with Crippen LogP contribution in [0.2, 0.25) is 0 Å². The summed E-state index contributed by atoms with van der Waals surface area (Å²) < 4.78 is 12.4. The molecule has 0 spiro atoms. The lowest BCUT2D eigenvalue weighted by atomic mass is 10.0. The van der Waals surface area contributed by atoms with Crippen LogP contribution in [0.15, 0.2) is 48.5 Å². The SMILES string of the molecule is Cc1ccccc1CS(=O)CC(=O)N1CCCc2ccccc21. The Morgan fingerprint density at radius 3 is 2.70 bits per heavy atom. The second kappa shape index (κ2) is 7.09. The van der Waals surface area contributed by atoms with Crippen molar-refractivity contribution in [3.8, 4) is 0 Å². The standard InChI is InChI=1S/C19H21NO2S/c1-15-7-2-3-9-17(15)13-23(22)14-19(21)20-12-6-10-16-8-4-5-11-18(16)20/h2-5,7-9,11H,6,10,12-14H2,1H3. The lowest BCUT2D eigenvalue weighted by Gasteiger charge is -2.29. The molecule has 0 aliphatic carbocycles. The van der Waals surface area contributed by atoms with Gasteiger partial charge < -0.3 is 4.90 Å². The minimum absolute atomic E-state index is 0.0379. The Hall–Kier alpha value is -1.94. The van der Waals surface area contributed by atoms with Gasteiger partial charge in [0.25, 0.3) is 0 Å². The van der Waals surface area contributed by atoms with Gasteiger partial charge in [0.15, 0.2) is 0 Å². The van der Waals surface area contributed by atoms with Crippen molar-refractivity contribution in [1.29, 1.82) is 0 Å². The highest BCUT2D eigenvalue weighted by molar-refractivity contribution is 7.85. The van der Waals surface area contributed by atoms with Crippen molar-refractivity contribution in [3.05, 3.63) is 65.2 Å². The van der Waals surface area contributed by atoms with Gasteiger partial charge >= 0.3 is 0 Å². The average molecular weight is 327 g/mol. The largest absolute Gasteiger partial charge is 0.311 e. The average Bonchev–Trinajstić information content (AvgIpc) is 2.56. The first-order valence-electron chi connectivity index (χ1n) is 7.93. The third-order valence-corrected chi connectivity index (χ3v) is 5.48. The molecule has 1 aliphatic heterocycles. The molecular weight excluding hydrogens is 306 g/mol. The van der Waals surface area contributed by atoms with Crippen LogP contribution in [0.4, 0.5) is 5.69 Å². The van der Waals surface area contributed by atoms with E-state index in [0.29, 0.717) is 5.75 Å². The van der Waals surface area contributed by atoms with E-state index in [0.717, 1.165) is 36.2 Å². The Labute approximate surface area is 139 Å². The van der Waals surface area contributed by atoms with Crippen molar-refractivity contribution in [2.45, 2.75) is 25.5 Å². The summed E-state index contributed by atoms with van der Waals surface area (Å²) in [6.07, 6.45) is 1.97. The minimum atomic E-state index is -1.18. The molecule has 3 nitrogen and oxygen atoms in total. The van der Waals surface area contributed by atoms with Crippen molar-refractivity contribution in [1.82, 2.24) is 0 Å². The van der Waals surface area contributed by atoms with Crippen LogP contribution in [0, 0.1) is 6.92 Å². The highest BCUT2D eigenvalue weighted by atomic mass is 32.2. The summed E-state index contributed by atoms with van der Waals surface area (Å²) in [6, 6.07) is 15.9. The molecular formula is C19H21NO2S. The zero-order valence-electron chi connectivity index (χ0n) is 13.3. The summed E-state index contributed by atoms with van der Waals surface area (Å²) in [4.78, 5) is 14.4. The van der Waals surface area contributed by atoms with E-state index < -0.39 is 10.8 Å². The maximum Gasteiger partial charge on any atom is 0.239 e. The number of carbonyl (C=O) groups excluding carboxylic acids is 1. The molecule has 0 radical (unpaired) electrons. The van der Waals surface area contributed by atoms with Gasteiger partial charge in [-0.2, -0.15) is 0 Å². The van der Waals surface area contributed by atoms with Crippen LogP contribution in [0.3, 0.4) is 0 Å². The minimum Gasteiger partial charge on any atom is -0.311 e. The molecule has 4 heteroatoms.